The fraction of sp³-hybridized carbons (Fsp3) is 0.300. The van der Waals surface area contributed by atoms with Crippen LogP contribution in [0.2, 0.25) is 0 Å². The van der Waals surface area contributed by atoms with Crippen LogP contribution in [0.4, 0.5) is 9.52 Å². The molecule has 0 amide bonds. The zero-order valence-corrected chi connectivity index (χ0v) is 18.2. The van der Waals surface area contributed by atoms with E-state index < -0.39 is 21.3 Å². The van der Waals surface area contributed by atoms with E-state index in [4.69, 9.17) is 10.5 Å². The second-order valence-corrected chi connectivity index (χ2v) is 9.50. The van der Waals surface area contributed by atoms with Crippen LogP contribution in [0.3, 0.4) is 0 Å². The van der Waals surface area contributed by atoms with Crippen molar-refractivity contribution in [2.75, 3.05) is 12.4 Å². The third kappa shape index (κ3) is 5.13. The molecule has 160 valence electrons. The summed E-state index contributed by atoms with van der Waals surface area (Å²) in [6.07, 6.45) is 0.785. The van der Waals surface area contributed by atoms with E-state index in [1.807, 2.05) is 6.92 Å². The molecule has 3 rings (SSSR count). The summed E-state index contributed by atoms with van der Waals surface area (Å²) in [5.41, 5.74) is 6.87. The standard InChI is InChI=1S/C20H23FN4O3S2/c1-3-17(22)19(30(26,27)16-9-7-15(28-2)8-10-16)24-20-23-18(25-29-20)12-13-5-4-6-14(21)11-13/h4-11,17,19H,3,12,22H2,1-2H3,(H,23,24,25). The monoisotopic (exact) mass is 450 g/mol. The van der Waals surface area contributed by atoms with E-state index in [0.717, 1.165) is 17.1 Å². The number of nitrogens with zero attached hydrogens (tertiary/aromatic N) is 2. The number of sulfone groups is 1. The summed E-state index contributed by atoms with van der Waals surface area (Å²) in [4.78, 5) is 4.49. The van der Waals surface area contributed by atoms with Gasteiger partial charge in [0.15, 0.2) is 5.37 Å². The average molecular weight is 451 g/mol. The van der Waals surface area contributed by atoms with Gasteiger partial charge in [-0.05, 0) is 48.4 Å². The zero-order chi connectivity index (χ0) is 21.7. The summed E-state index contributed by atoms with van der Waals surface area (Å²) >= 11 is 1.04. The van der Waals surface area contributed by atoms with Crippen molar-refractivity contribution in [3.63, 3.8) is 0 Å². The second-order valence-electron chi connectivity index (χ2n) is 6.68. The van der Waals surface area contributed by atoms with Gasteiger partial charge in [-0.2, -0.15) is 4.37 Å². The molecule has 2 unspecified atom stereocenters. The third-order valence-electron chi connectivity index (χ3n) is 4.57. The van der Waals surface area contributed by atoms with Gasteiger partial charge in [-0.25, -0.2) is 17.8 Å². The number of anilines is 1. The lowest BCUT2D eigenvalue weighted by atomic mass is 10.1. The van der Waals surface area contributed by atoms with Crippen molar-refractivity contribution < 1.29 is 17.5 Å². The fourth-order valence-electron chi connectivity index (χ4n) is 2.88. The molecule has 0 spiro atoms. The molecule has 0 saturated heterocycles. The van der Waals surface area contributed by atoms with Gasteiger partial charge in [0.2, 0.25) is 15.0 Å². The Kier molecular flexibility index (Phi) is 7.01. The molecule has 1 aromatic heterocycles. The van der Waals surface area contributed by atoms with Gasteiger partial charge >= 0.3 is 0 Å². The van der Waals surface area contributed by atoms with Gasteiger partial charge in [-0.15, -0.1) is 0 Å². The maximum Gasteiger partial charge on any atom is 0.203 e. The molecule has 0 radical (unpaired) electrons. The minimum absolute atomic E-state index is 0.134. The highest BCUT2D eigenvalue weighted by Crippen LogP contribution is 2.24. The Morgan fingerprint density at radius 3 is 2.60 bits per heavy atom. The van der Waals surface area contributed by atoms with Crippen LogP contribution in [0.25, 0.3) is 0 Å². The number of nitrogens with two attached hydrogens (primary N) is 1. The first-order chi connectivity index (χ1) is 14.3. The van der Waals surface area contributed by atoms with Crippen molar-refractivity contribution in [1.82, 2.24) is 9.36 Å². The van der Waals surface area contributed by atoms with Crippen molar-refractivity contribution >= 4 is 26.5 Å². The summed E-state index contributed by atoms with van der Waals surface area (Å²) in [6, 6.07) is 11.7. The van der Waals surface area contributed by atoms with Crippen LogP contribution < -0.4 is 15.8 Å². The topological polar surface area (TPSA) is 107 Å². The number of benzene rings is 2. The van der Waals surface area contributed by atoms with Gasteiger partial charge in [0.25, 0.3) is 0 Å². The smallest absolute Gasteiger partial charge is 0.203 e. The fourth-order valence-corrected chi connectivity index (χ4v) is 5.30. The lowest BCUT2D eigenvalue weighted by molar-refractivity contribution is 0.414. The van der Waals surface area contributed by atoms with Crippen LogP contribution in [-0.2, 0) is 16.3 Å². The summed E-state index contributed by atoms with van der Waals surface area (Å²) in [7, 11) is -2.28. The number of nitrogens with one attached hydrogen (secondary N) is 1. The largest absolute Gasteiger partial charge is 0.497 e. The SMILES string of the molecule is CCC(N)C(Nc1nc(Cc2cccc(F)c2)ns1)S(=O)(=O)c1ccc(OC)cc1. The van der Waals surface area contributed by atoms with Gasteiger partial charge < -0.3 is 15.8 Å². The number of methoxy groups -OCH3 is 1. The summed E-state index contributed by atoms with van der Waals surface area (Å²) in [5, 5.41) is 2.20. The van der Waals surface area contributed by atoms with E-state index in [2.05, 4.69) is 14.7 Å². The van der Waals surface area contributed by atoms with Crippen LogP contribution >= 0.6 is 11.5 Å². The number of hydrogen-bond donors (Lipinski definition) is 2. The predicted molar refractivity (Wildman–Crippen MR) is 115 cm³/mol. The Morgan fingerprint density at radius 1 is 1.23 bits per heavy atom. The van der Waals surface area contributed by atoms with Gasteiger partial charge in [0.05, 0.1) is 12.0 Å². The zero-order valence-electron chi connectivity index (χ0n) is 16.6. The summed E-state index contributed by atoms with van der Waals surface area (Å²) < 4.78 is 49.1. The van der Waals surface area contributed by atoms with Crippen molar-refractivity contribution in [1.29, 1.82) is 0 Å². The Morgan fingerprint density at radius 2 is 1.97 bits per heavy atom. The van der Waals surface area contributed by atoms with E-state index in [9.17, 15) is 12.8 Å². The van der Waals surface area contributed by atoms with Gasteiger partial charge in [-0.1, -0.05) is 19.1 Å². The van der Waals surface area contributed by atoms with Crippen LogP contribution in [0.15, 0.2) is 53.4 Å². The van der Waals surface area contributed by atoms with Gasteiger partial charge in [-0.3, -0.25) is 0 Å². The first-order valence-corrected chi connectivity index (χ1v) is 11.6. The molecular formula is C20H23FN4O3S2. The molecule has 0 aliphatic rings. The molecule has 3 aromatic rings. The number of ether oxygens (including phenoxy) is 1. The molecule has 1 heterocycles. The predicted octanol–water partition coefficient (Wildman–Crippen LogP) is 3.23. The van der Waals surface area contributed by atoms with Gasteiger partial charge in [0.1, 0.15) is 17.4 Å². The number of halogens is 1. The molecule has 0 aliphatic heterocycles. The molecule has 2 aromatic carbocycles. The molecule has 0 aliphatic carbocycles. The maximum atomic E-state index is 13.4. The van der Waals surface area contributed by atoms with Crippen molar-refractivity contribution in [2.24, 2.45) is 5.73 Å². The highest BCUT2D eigenvalue weighted by Gasteiger charge is 2.33. The van der Waals surface area contributed by atoms with E-state index in [1.54, 1.807) is 24.3 Å². The molecule has 7 nitrogen and oxygen atoms in total. The summed E-state index contributed by atoms with van der Waals surface area (Å²) in [5.74, 6) is 0.698. The van der Waals surface area contributed by atoms with Crippen molar-refractivity contribution in [3.05, 3.63) is 65.7 Å². The first-order valence-electron chi connectivity index (χ1n) is 9.30. The van der Waals surface area contributed by atoms with Crippen LogP contribution in [0, 0.1) is 5.82 Å². The Bertz CT molecular complexity index is 1090. The minimum Gasteiger partial charge on any atom is -0.497 e. The molecule has 30 heavy (non-hydrogen) atoms. The molecule has 10 heteroatoms. The second kappa shape index (κ2) is 9.50. The Balaban J connectivity index is 1.82. The van der Waals surface area contributed by atoms with E-state index in [0.29, 0.717) is 29.5 Å². The molecule has 3 N–H and O–H groups in total. The van der Waals surface area contributed by atoms with Gasteiger partial charge in [0, 0.05) is 24.0 Å². The highest BCUT2D eigenvalue weighted by molar-refractivity contribution is 7.92. The third-order valence-corrected chi connectivity index (χ3v) is 7.32. The van der Waals surface area contributed by atoms with E-state index in [1.165, 1.54) is 31.4 Å². The van der Waals surface area contributed by atoms with Crippen LogP contribution in [0.1, 0.15) is 24.7 Å². The lowest BCUT2D eigenvalue weighted by Gasteiger charge is -2.24. The summed E-state index contributed by atoms with van der Waals surface area (Å²) in [6.45, 7) is 1.82. The average Bonchev–Trinajstić information content (AvgIpc) is 3.18. The maximum absolute atomic E-state index is 13.4. The molecular weight excluding hydrogens is 427 g/mol. The molecule has 0 bridgehead atoms. The molecule has 2 atom stereocenters. The highest BCUT2D eigenvalue weighted by atomic mass is 32.2. The normalized spacial score (nSPS) is 13.6. The van der Waals surface area contributed by atoms with Crippen LogP contribution in [0.5, 0.6) is 5.75 Å². The molecule has 0 saturated carbocycles. The minimum atomic E-state index is -3.79. The van der Waals surface area contributed by atoms with Crippen molar-refractivity contribution in [3.8, 4) is 5.75 Å². The lowest BCUT2D eigenvalue weighted by Crippen LogP contribution is -2.45. The van der Waals surface area contributed by atoms with Crippen LogP contribution in [-0.4, -0.2) is 36.3 Å². The van der Waals surface area contributed by atoms with E-state index >= 15 is 0 Å². The number of aromatic nitrogens is 2. The Hall–Kier alpha value is -2.56. The van der Waals surface area contributed by atoms with E-state index in [-0.39, 0.29) is 10.7 Å². The number of hydrogen-bond acceptors (Lipinski definition) is 8. The molecule has 0 fully saturated rings. The van der Waals surface area contributed by atoms with Crippen molar-refractivity contribution in [2.45, 2.75) is 36.1 Å². The Labute approximate surface area is 179 Å². The quantitative estimate of drug-likeness (QED) is 0.515. The number of rotatable bonds is 9. The first kappa shape index (κ1) is 22.1.